The van der Waals surface area contributed by atoms with E-state index in [1.165, 1.54) is 5.69 Å². The number of carbonyl (C=O) groups is 1. The lowest BCUT2D eigenvalue weighted by Gasteiger charge is -2.36. The van der Waals surface area contributed by atoms with E-state index in [4.69, 9.17) is 4.74 Å². The predicted octanol–water partition coefficient (Wildman–Crippen LogP) is 2.30. The normalized spacial score (nSPS) is 16.4. The summed E-state index contributed by atoms with van der Waals surface area (Å²) in [7, 11) is 1.72. The predicted molar refractivity (Wildman–Crippen MR) is 103 cm³/mol. The summed E-state index contributed by atoms with van der Waals surface area (Å²) >= 11 is 0. The minimum absolute atomic E-state index is 0.0599. The highest BCUT2D eigenvalue weighted by molar-refractivity contribution is 5.74. The zero-order chi connectivity index (χ0) is 18.1. The van der Waals surface area contributed by atoms with E-state index in [1.807, 2.05) is 19.1 Å². The number of anilines is 1. The third kappa shape index (κ3) is 6.12. The molecule has 0 radical (unpaired) electrons. The number of nitrogens with one attached hydrogen (secondary N) is 2. The molecule has 6 heteroatoms. The number of carbonyl (C=O) groups excluding carboxylic acids is 1. The van der Waals surface area contributed by atoms with Crippen LogP contribution in [0.3, 0.4) is 0 Å². The molecule has 140 valence electrons. The summed E-state index contributed by atoms with van der Waals surface area (Å²) in [6, 6.07) is 8.36. The number of methoxy groups -OCH3 is 1. The maximum absolute atomic E-state index is 11.7. The fourth-order valence-electron chi connectivity index (χ4n) is 2.98. The number of rotatable bonds is 8. The number of para-hydroxylation sites is 2. The fourth-order valence-corrected chi connectivity index (χ4v) is 2.98. The van der Waals surface area contributed by atoms with Crippen LogP contribution in [-0.2, 0) is 0 Å². The van der Waals surface area contributed by atoms with Crippen LogP contribution in [0.25, 0.3) is 0 Å². The molecule has 1 fully saturated rings. The molecule has 25 heavy (non-hydrogen) atoms. The van der Waals surface area contributed by atoms with Gasteiger partial charge in [0.2, 0.25) is 0 Å². The van der Waals surface area contributed by atoms with Crippen molar-refractivity contribution in [1.82, 2.24) is 15.5 Å². The number of nitrogens with zero attached hydrogens (tertiary/aromatic N) is 2. The first kappa shape index (κ1) is 19.4. The van der Waals surface area contributed by atoms with E-state index < -0.39 is 0 Å². The number of urea groups is 1. The van der Waals surface area contributed by atoms with Gasteiger partial charge in [-0.25, -0.2) is 4.79 Å². The van der Waals surface area contributed by atoms with Gasteiger partial charge in [-0.1, -0.05) is 19.1 Å². The van der Waals surface area contributed by atoms with Crippen molar-refractivity contribution in [3.63, 3.8) is 0 Å². The Labute approximate surface area is 151 Å². The molecule has 6 nitrogen and oxygen atoms in total. The second-order valence-corrected chi connectivity index (χ2v) is 6.56. The van der Waals surface area contributed by atoms with Crippen molar-refractivity contribution in [2.75, 3.05) is 51.3 Å². The molecule has 1 unspecified atom stereocenters. The maximum atomic E-state index is 11.7. The smallest absolute Gasteiger partial charge is 0.314 e. The van der Waals surface area contributed by atoms with Crippen LogP contribution >= 0.6 is 0 Å². The molecule has 1 aliphatic rings. The molecule has 2 amide bonds. The highest BCUT2D eigenvalue weighted by Gasteiger charge is 2.19. The SMILES string of the molecule is CCC(C)NC(=O)NCCCN1CCN(c2ccccc2OC)CC1. The lowest BCUT2D eigenvalue weighted by Crippen LogP contribution is -2.47. The minimum atomic E-state index is -0.0599. The average molecular weight is 348 g/mol. The number of benzene rings is 1. The van der Waals surface area contributed by atoms with Crippen molar-refractivity contribution < 1.29 is 9.53 Å². The summed E-state index contributed by atoms with van der Waals surface area (Å²) in [6.07, 6.45) is 1.92. The van der Waals surface area contributed by atoms with E-state index in [0.717, 1.165) is 57.9 Å². The number of amides is 2. The molecule has 0 aromatic heterocycles. The van der Waals surface area contributed by atoms with Gasteiger partial charge in [-0.3, -0.25) is 4.90 Å². The van der Waals surface area contributed by atoms with E-state index in [0.29, 0.717) is 0 Å². The van der Waals surface area contributed by atoms with Gasteiger partial charge in [-0.2, -0.15) is 0 Å². The summed E-state index contributed by atoms with van der Waals surface area (Å²) in [5, 5.41) is 5.85. The molecule has 1 saturated heterocycles. The van der Waals surface area contributed by atoms with Crippen LogP contribution in [0.1, 0.15) is 26.7 Å². The molecule has 1 aromatic carbocycles. The van der Waals surface area contributed by atoms with E-state index in [2.05, 4.69) is 39.5 Å². The Morgan fingerprint density at radius 2 is 1.96 bits per heavy atom. The van der Waals surface area contributed by atoms with E-state index in [9.17, 15) is 4.79 Å². The van der Waals surface area contributed by atoms with Crippen molar-refractivity contribution in [3.8, 4) is 5.75 Å². The van der Waals surface area contributed by atoms with Crippen LogP contribution in [0.15, 0.2) is 24.3 Å². The second kappa shape index (κ2) is 10.1. The molecule has 0 aliphatic carbocycles. The van der Waals surface area contributed by atoms with Crippen molar-refractivity contribution in [2.24, 2.45) is 0 Å². The molecule has 0 spiro atoms. The first-order valence-corrected chi connectivity index (χ1v) is 9.28. The van der Waals surface area contributed by atoms with Crippen LogP contribution in [0.4, 0.5) is 10.5 Å². The van der Waals surface area contributed by atoms with Crippen molar-refractivity contribution in [1.29, 1.82) is 0 Å². The Morgan fingerprint density at radius 1 is 1.24 bits per heavy atom. The Balaban J connectivity index is 1.65. The van der Waals surface area contributed by atoms with Gasteiger partial charge in [0.05, 0.1) is 12.8 Å². The van der Waals surface area contributed by atoms with E-state index in [1.54, 1.807) is 7.11 Å². The standard InChI is InChI=1S/C19H32N4O2/c1-4-16(2)21-19(24)20-10-7-11-22-12-14-23(15-13-22)17-8-5-6-9-18(17)25-3/h5-6,8-9,16H,4,7,10-15H2,1-3H3,(H2,20,21,24). The van der Waals surface area contributed by atoms with Crippen molar-refractivity contribution in [2.45, 2.75) is 32.7 Å². The first-order chi connectivity index (χ1) is 12.1. The summed E-state index contributed by atoms with van der Waals surface area (Å²) in [4.78, 5) is 16.5. The molecule has 0 saturated carbocycles. The summed E-state index contributed by atoms with van der Waals surface area (Å²) in [5.74, 6) is 0.937. The van der Waals surface area contributed by atoms with Gasteiger partial charge in [-0.05, 0) is 38.4 Å². The topological polar surface area (TPSA) is 56.8 Å². The molecule has 0 bridgehead atoms. The van der Waals surface area contributed by atoms with Crippen LogP contribution in [0.5, 0.6) is 5.75 Å². The Bertz CT molecular complexity index is 530. The fraction of sp³-hybridized carbons (Fsp3) is 0.632. The number of ether oxygens (including phenoxy) is 1. The molecular formula is C19H32N4O2. The molecule has 2 rings (SSSR count). The maximum Gasteiger partial charge on any atom is 0.314 e. The highest BCUT2D eigenvalue weighted by atomic mass is 16.5. The Kier molecular flexibility index (Phi) is 7.85. The third-order valence-electron chi connectivity index (χ3n) is 4.72. The lowest BCUT2D eigenvalue weighted by atomic mass is 10.2. The number of hydrogen-bond donors (Lipinski definition) is 2. The monoisotopic (exact) mass is 348 g/mol. The summed E-state index contributed by atoms with van der Waals surface area (Å²) < 4.78 is 5.46. The van der Waals surface area contributed by atoms with E-state index >= 15 is 0 Å². The molecular weight excluding hydrogens is 316 g/mol. The quantitative estimate of drug-likeness (QED) is 0.708. The lowest BCUT2D eigenvalue weighted by molar-refractivity contribution is 0.233. The van der Waals surface area contributed by atoms with Gasteiger partial charge in [0.15, 0.2) is 0 Å². The zero-order valence-corrected chi connectivity index (χ0v) is 15.8. The van der Waals surface area contributed by atoms with Crippen LogP contribution in [0.2, 0.25) is 0 Å². The van der Waals surface area contributed by atoms with Gasteiger partial charge < -0.3 is 20.3 Å². The van der Waals surface area contributed by atoms with Crippen LogP contribution in [0, 0.1) is 0 Å². The molecule has 1 aliphatic heterocycles. The van der Waals surface area contributed by atoms with Crippen LogP contribution < -0.4 is 20.3 Å². The average Bonchev–Trinajstić information content (AvgIpc) is 2.65. The number of hydrogen-bond acceptors (Lipinski definition) is 4. The Hall–Kier alpha value is -1.95. The Morgan fingerprint density at radius 3 is 2.64 bits per heavy atom. The largest absolute Gasteiger partial charge is 0.495 e. The molecule has 1 aromatic rings. The van der Waals surface area contributed by atoms with Crippen LogP contribution in [-0.4, -0.2) is 63.4 Å². The highest BCUT2D eigenvalue weighted by Crippen LogP contribution is 2.28. The van der Waals surface area contributed by atoms with Gasteiger partial charge >= 0.3 is 6.03 Å². The molecule has 1 atom stereocenters. The van der Waals surface area contributed by atoms with Gasteiger partial charge in [-0.15, -0.1) is 0 Å². The van der Waals surface area contributed by atoms with Crippen molar-refractivity contribution in [3.05, 3.63) is 24.3 Å². The summed E-state index contributed by atoms with van der Waals surface area (Å²) in [6.45, 7) is 9.90. The van der Waals surface area contributed by atoms with E-state index in [-0.39, 0.29) is 12.1 Å². The molecule has 1 heterocycles. The summed E-state index contributed by atoms with van der Waals surface area (Å²) in [5.41, 5.74) is 1.17. The molecule has 2 N–H and O–H groups in total. The minimum Gasteiger partial charge on any atom is -0.495 e. The second-order valence-electron chi connectivity index (χ2n) is 6.56. The first-order valence-electron chi connectivity index (χ1n) is 9.28. The zero-order valence-electron chi connectivity index (χ0n) is 15.8. The van der Waals surface area contributed by atoms with Crippen molar-refractivity contribution >= 4 is 11.7 Å². The van der Waals surface area contributed by atoms with Gasteiger partial charge in [0.25, 0.3) is 0 Å². The number of piperazine rings is 1. The van der Waals surface area contributed by atoms with Gasteiger partial charge in [0, 0.05) is 38.8 Å². The van der Waals surface area contributed by atoms with Gasteiger partial charge in [0.1, 0.15) is 5.75 Å². The third-order valence-corrected chi connectivity index (χ3v) is 4.72.